The number of nitrogens with one attached hydrogen (secondary N) is 1. The van der Waals surface area contributed by atoms with Crippen LogP contribution in [-0.2, 0) is 14.3 Å². The average molecular weight is 860 g/mol. The minimum absolute atomic E-state index is 0.00177. The molecule has 0 aliphatic rings. The molecule has 0 saturated carbocycles. The third-order valence-electron chi connectivity index (χ3n) is 12.5. The number of amides is 1. The van der Waals surface area contributed by atoms with Crippen molar-refractivity contribution < 1.29 is 24.5 Å². The summed E-state index contributed by atoms with van der Waals surface area (Å²) in [5.74, 6) is -0.0864. The van der Waals surface area contributed by atoms with Gasteiger partial charge in [-0.1, -0.05) is 244 Å². The molecular weight excluding hydrogens is 755 g/mol. The summed E-state index contributed by atoms with van der Waals surface area (Å²) in [6.07, 6.45) is 60.4. The molecule has 0 spiro atoms. The van der Waals surface area contributed by atoms with Gasteiger partial charge in [-0.2, -0.15) is 0 Å². The molecule has 0 aromatic rings. The third kappa shape index (κ3) is 47.7. The second-order valence-corrected chi connectivity index (χ2v) is 18.6. The van der Waals surface area contributed by atoms with Crippen LogP contribution in [0.2, 0.25) is 0 Å². The van der Waals surface area contributed by atoms with Gasteiger partial charge in [0, 0.05) is 12.8 Å². The highest BCUT2D eigenvalue weighted by molar-refractivity contribution is 5.76. The van der Waals surface area contributed by atoms with Gasteiger partial charge in [-0.15, -0.1) is 0 Å². The molecule has 0 aromatic carbocycles. The van der Waals surface area contributed by atoms with Crippen molar-refractivity contribution in [3.8, 4) is 0 Å². The first-order chi connectivity index (χ1) is 30.0. The number of carbonyl (C=O) groups is 2. The Kier molecular flexibility index (Phi) is 49.6. The van der Waals surface area contributed by atoms with Crippen LogP contribution >= 0.6 is 0 Å². The first kappa shape index (κ1) is 59.3. The van der Waals surface area contributed by atoms with Crippen LogP contribution in [0.4, 0.5) is 0 Å². The van der Waals surface area contributed by atoms with Crippen molar-refractivity contribution in [2.75, 3.05) is 13.2 Å². The first-order valence-corrected chi connectivity index (χ1v) is 27.1. The van der Waals surface area contributed by atoms with E-state index in [1.165, 1.54) is 199 Å². The van der Waals surface area contributed by atoms with E-state index < -0.39 is 12.1 Å². The monoisotopic (exact) mass is 860 g/mol. The lowest BCUT2D eigenvalue weighted by molar-refractivity contribution is -0.143. The number of allylic oxidation sites excluding steroid dienone is 3. The molecule has 1 amide bonds. The molecule has 0 rings (SSSR count). The molecule has 0 bridgehead atoms. The molecular formula is C55H105NO5. The van der Waals surface area contributed by atoms with Crippen molar-refractivity contribution in [2.24, 2.45) is 0 Å². The summed E-state index contributed by atoms with van der Waals surface area (Å²) in [4.78, 5) is 24.4. The van der Waals surface area contributed by atoms with Gasteiger partial charge in [0.2, 0.25) is 5.91 Å². The van der Waals surface area contributed by atoms with Gasteiger partial charge in [0.1, 0.15) is 0 Å². The molecule has 2 atom stereocenters. The van der Waals surface area contributed by atoms with Crippen LogP contribution in [0.1, 0.15) is 290 Å². The molecule has 360 valence electrons. The predicted molar refractivity (Wildman–Crippen MR) is 264 cm³/mol. The lowest BCUT2D eigenvalue weighted by Crippen LogP contribution is -2.45. The molecule has 3 N–H and O–H groups in total. The van der Waals surface area contributed by atoms with Crippen LogP contribution in [0.25, 0.3) is 0 Å². The van der Waals surface area contributed by atoms with E-state index in [0.717, 1.165) is 64.2 Å². The van der Waals surface area contributed by atoms with Gasteiger partial charge < -0.3 is 20.3 Å². The Morgan fingerprint density at radius 2 is 0.770 bits per heavy atom. The number of hydrogen-bond donors (Lipinski definition) is 3. The lowest BCUT2D eigenvalue weighted by atomic mass is 10.0. The SMILES string of the molecule is CCCCCCCCCCCCCC/C=C/C(O)C(CO)NC(=O)CCCCCCC/C=C\CCCCCCCCCOC(=O)CCCCCCCCCCCCCCCC. The topological polar surface area (TPSA) is 95.9 Å². The zero-order valence-electron chi connectivity index (χ0n) is 40.9. The number of hydrogen-bond acceptors (Lipinski definition) is 5. The number of rotatable bonds is 50. The van der Waals surface area contributed by atoms with Gasteiger partial charge >= 0.3 is 5.97 Å². The minimum atomic E-state index is -0.854. The maximum Gasteiger partial charge on any atom is 0.305 e. The highest BCUT2D eigenvalue weighted by Crippen LogP contribution is 2.16. The van der Waals surface area contributed by atoms with Crippen LogP contribution < -0.4 is 5.32 Å². The lowest BCUT2D eigenvalue weighted by Gasteiger charge is -2.20. The number of esters is 1. The summed E-state index contributed by atoms with van der Waals surface area (Å²) >= 11 is 0. The van der Waals surface area contributed by atoms with Crippen molar-refractivity contribution >= 4 is 11.9 Å². The summed E-state index contributed by atoms with van der Waals surface area (Å²) in [7, 11) is 0. The van der Waals surface area contributed by atoms with Crippen molar-refractivity contribution in [3.63, 3.8) is 0 Å². The fraction of sp³-hybridized carbons (Fsp3) is 0.891. The fourth-order valence-corrected chi connectivity index (χ4v) is 8.27. The minimum Gasteiger partial charge on any atom is -0.466 e. The standard InChI is InChI=1S/C55H105NO5/c1-3-5-7-9-11-13-15-17-23-27-31-35-39-43-47-53(58)52(51-57)56-54(59)48-44-40-36-32-28-24-21-19-20-22-26-30-34-38-42-46-50-61-55(60)49-45-41-37-33-29-25-18-16-14-12-10-8-6-4-2/h19,21,43,47,52-53,57-58H,3-18,20,22-42,44-46,48-51H2,1-2H3,(H,56,59)/b21-19-,47-43+. The van der Waals surface area contributed by atoms with E-state index in [2.05, 4.69) is 31.3 Å². The second-order valence-electron chi connectivity index (χ2n) is 18.6. The smallest absolute Gasteiger partial charge is 0.305 e. The summed E-state index contributed by atoms with van der Waals surface area (Å²) in [6.45, 7) is 4.88. The number of aliphatic hydroxyl groups excluding tert-OH is 2. The van der Waals surface area contributed by atoms with E-state index in [4.69, 9.17) is 4.74 Å². The Balaban J connectivity index is 3.49. The summed E-state index contributed by atoms with van der Waals surface area (Å²) in [6, 6.07) is -0.639. The summed E-state index contributed by atoms with van der Waals surface area (Å²) in [5, 5.41) is 23.0. The Bertz CT molecular complexity index is 951. The number of aliphatic hydroxyl groups is 2. The van der Waals surface area contributed by atoms with Gasteiger partial charge in [-0.25, -0.2) is 0 Å². The van der Waals surface area contributed by atoms with Gasteiger partial charge in [-0.05, 0) is 57.8 Å². The molecule has 0 aliphatic heterocycles. The zero-order valence-corrected chi connectivity index (χ0v) is 40.9. The number of carbonyl (C=O) groups excluding carboxylic acids is 2. The molecule has 6 nitrogen and oxygen atoms in total. The van der Waals surface area contributed by atoms with E-state index in [0.29, 0.717) is 19.4 Å². The Morgan fingerprint density at radius 3 is 1.16 bits per heavy atom. The maximum absolute atomic E-state index is 12.4. The highest BCUT2D eigenvalue weighted by atomic mass is 16.5. The van der Waals surface area contributed by atoms with E-state index in [-0.39, 0.29) is 18.5 Å². The van der Waals surface area contributed by atoms with Crippen LogP contribution in [-0.4, -0.2) is 47.4 Å². The highest BCUT2D eigenvalue weighted by Gasteiger charge is 2.18. The van der Waals surface area contributed by atoms with Crippen LogP contribution in [0.5, 0.6) is 0 Å². The van der Waals surface area contributed by atoms with Gasteiger partial charge in [-0.3, -0.25) is 9.59 Å². The zero-order chi connectivity index (χ0) is 44.4. The Morgan fingerprint density at radius 1 is 0.443 bits per heavy atom. The molecule has 2 unspecified atom stereocenters. The van der Waals surface area contributed by atoms with Crippen LogP contribution in [0, 0.1) is 0 Å². The van der Waals surface area contributed by atoms with Crippen molar-refractivity contribution in [1.82, 2.24) is 5.32 Å². The van der Waals surface area contributed by atoms with E-state index in [1.807, 2.05) is 6.08 Å². The average Bonchev–Trinajstić information content (AvgIpc) is 3.26. The molecule has 61 heavy (non-hydrogen) atoms. The Labute approximate surface area is 380 Å². The quantitative estimate of drug-likeness (QED) is 0.0322. The third-order valence-corrected chi connectivity index (χ3v) is 12.5. The predicted octanol–water partition coefficient (Wildman–Crippen LogP) is 16.3. The summed E-state index contributed by atoms with van der Waals surface area (Å²) < 4.78 is 5.46. The molecule has 0 aromatic heterocycles. The van der Waals surface area contributed by atoms with Gasteiger partial charge in [0.05, 0.1) is 25.4 Å². The molecule has 0 aliphatic carbocycles. The van der Waals surface area contributed by atoms with E-state index in [1.54, 1.807) is 6.08 Å². The molecule has 6 heteroatoms. The van der Waals surface area contributed by atoms with E-state index >= 15 is 0 Å². The molecule has 0 saturated heterocycles. The number of unbranched alkanes of at least 4 members (excludes halogenated alkanes) is 37. The van der Waals surface area contributed by atoms with Crippen molar-refractivity contribution in [3.05, 3.63) is 24.3 Å². The van der Waals surface area contributed by atoms with Gasteiger partial charge in [0.15, 0.2) is 0 Å². The normalized spacial score (nSPS) is 12.8. The Hall–Kier alpha value is -1.66. The maximum atomic E-state index is 12.4. The molecule has 0 radical (unpaired) electrons. The van der Waals surface area contributed by atoms with Crippen LogP contribution in [0.15, 0.2) is 24.3 Å². The van der Waals surface area contributed by atoms with Crippen molar-refractivity contribution in [2.45, 2.75) is 302 Å². The molecule has 0 fully saturated rings. The first-order valence-electron chi connectivity index (χ1n) is 27.1. The largest absolute Gasteiger partial charge is 0.466 e. The summed E-state index contributed by atoms with van der Waals surface area (Å²) in [5.41, 5.74) is 0. The second kappa shape index (κ2) is 51.0. The van der Waals surface area contributed by atoms with Crippen LogP contribution in [0.3, 0.4) is 0 Å². The number of ether oxygens (including phenoxy) is 1. The molecule has 0 heterocycles. The van der Waals surface area contributed by atoms with Gasteiger partial charge in [0.25, 0.3) is 0 Å². The van der Waals surface area contributed by atoms with Crippen molar-refractivity contribution in [1.29, 1.82) is 0 Å². The fourth-order valence-electron chi connectivity index (χ4n) is 8.27. The van der Waals surface area contributed by atoms with E-state index in [9.17, 15) is 19.8 Å².